The molecular weight excluding hydrogens is 384 g/mol. The molecule has 9 heteroatoms. The van der Waals surface area contributed by atoms with E-state index in [1.54, 1.807) is 31.2 Å². The molecule has 0 aromatic heterocycles. The molecule has 0 aliphatic rings. The zero-order valence-corrected chi connectivity index (χ0v) is 17.1. The number of amides is 1. The van der Waals surface area contributed by atoms with Gasteiger partial charge >= 0.3 is 0 Å². The molecule has 0 fully saturated rings. The molecular formula is C19H24N2O6S. The van der Waals surface area contributed by atoms with Gasteiger partial charge in [-0.25, -0.2) is 8.42 Å². The number of nitrogens with zero attached hydrogens (tertiary/aromatic N) is 1. The standard InChI is InChI=1S/C19H24N2O6S/c1-5-20-19(22)13-21(14-6-8-15(25-2)9-7-14)28(23,24)16-10-11-17(26-3)18(12-16)27-4/h6-12H,5,13H2,1-4H3,(H,20,22). The van der Waals surface area contributed by atoms with E-state index >= 15 is 0 Å². The Hall–Kier alpha value is -2.94. The van der Waals surface area contributed by atoms with Crippen molar-refractivity contribution in [3.63, 3.8) is 0 Å². The first-order valence-electron chi connectivity index (χ1n) is 8.52. The van der Waals surface area contributed by atoms with Crippen LogP contribution >= 0.6 is 0 Å². The molecule has 1 N–H and O–H groups in total. The fraction of sp³-hybridized carbons (Fsp3) is 0.316. The molecule has 0 heterocycles. The Labute approximate surface area is 165 Å². The highest BCUT2D eigenvalue weighted by Gasteiger charge is 2.28. The summed E-state index contributed by atoms with van der Waals surface area (Å²) in [5.74, 6) is 0.838. The van der Waals surface area contributed by atoms with E-state index in [9.17, 15) is 13.2 Å². The van der Waals surface area contributed by atoms with Gasteiger partial charge in [-0.1, -0.05) is 0 Å². The van der Waals surface area contributed by atoms with Crippen LogP contribution < -0.4 is 23.8 Å². The molecule has 0 bridgehead atoms. The molecule has 0 aliphatic heterocycles. The van der Waals surface area contributed by atoms with E-state index in [0.717, 1.165) is 4.31 Å². The van der Waals surface area contributed by atoms with Gasteiger partial charge in [0.2, 0.25) is 5.91 Å². The summed E-state index contributed by atoms with van der Waals surface area (Å²) in [6, 6.07) is 10.7. The average Bonchev–Trinajstić information content (AvgIpc) is 2.71. The van der Waals surface area contributed by atoms with Crippen molar-refractivity contribution >= 4 is 21.6 Å². The van der Waals surface area contributed by atoms with Crippen molar-refractivity contribution in [2.75, 3.05) is 38.7 Å². The molecule has 0 aliphatic carbocycles. The molecule has 0 unspecified atom stereocenters. The highest BCUT2D eigenvalue weighted by atomic mass is 32.2. The summed E-state index contributed by atoms with van der Waals surface area (Å²) in [4.78, 5) is 12.1. The zero-order valence-electron chi connectivity index (χ0n) is 16.3. The minimum absolute atomic E-state index is 0.0229. The highest BCUT2D eigenvalue weighted by molar-refractivity contribution is 7.92. The number of nitrogens with one attached hydrogen (secondary N) is 1. The first-order chi connectivity index (χ1) is 13.4. The van der Waals surface area contributed by atoms with Crippen molar-refractivity contribution in [2.45, 2.75) is 11.8 Å². The number of hydrogen-bond acceptors (Lipinski definition) is 6. The van der Waals surface area contributed by atoms with Gasteiger partial charge in [0.25, 0.3) is 10.0 Å². The van der Waals surface area contributed by atoms with Gasteiger partial charge in [-0.2, -0.15) is 0 Å². The molecule has 2 aromatic rings. The molecule has 2 aromatic carbocycles. The number of hydrogen-bond donors (Lipinski definition) is 1. The van der Waals surface area contributed by atoms with E-state index in [4.69, 9.17) is 14.2 Å². The van der Waals surface area contributed by atoms with E-state index in [0.29, 0.717) is 23.7 Å². The summed E-state index contributed by atoms with van der Waals surface area (Å²) in [7, 11) is 0.351. The number of carbonyl (C=O) groups excluding carboxylic acids is 1. The number of rotatable bonds is 9. The second-order valence-electron chi connectivity index (χ2n) is 5.68. The molecule has 0 atom stereocenters. The van der Waals surface area contributed by atoms with Gasteiger partial charge in [-0.3, -0.25) is 9.10 Å². The quantitative estimate of drug-likeness (QED) is 0.682. The minimum atomic E-state index is -4.05. The van der Waals surface area contributed by atoms with E-state index < -0.39 is 15.9 Å². The lowest BCUT2D eigenvalue weighted by Crippen LogP contribution is -2.40. The van der Waals surface area contributed by atoms with E-state index in [1.165, 1.54) is 39.5 Å². The number of anilines is 1. The second kappa shape index (κ2) is 9.32. The number of likely N-dealkylation sites (N-methyl/N-ethyl adjacent to an activating group) is 1. The SMILES string of the molecule is CCNC(=O)CN(c1ccc(OC)cc1)S(=O)(=O)c1ccc(OC)c(OC)c1. The second-order valence-corrected chi connectivity index (χ2v) is 7.54. The topological polar surface area (TPSA) is 94.2 Å². The molecule has 1 amide bonds. The van der Waals surface area contributed by atoms with Gasteiger partial charge in [0, 0.05) is 12.6 Å². The van der Waals surface area contributed by atoms with E-state index in [-0.39, 0.29) is 17.2 Å². The number of benzene rings is 2. The Morgan fingerprint density at radius 1 is 0.964 bits per heavy atom. The van der Waals surface area contributed by atoms with E-state index in [1.807, 2.05) is 0 Å². The van der Waals surface area contributed by atoms with Crippen LogP contribution in [0.5, 0.6) is 17.2 Å². The maximum absolute atomic E-state index is 13.3. The summed E-state index contributed by atoms with van der Waals surface area (Å²) in [5.41, 5.74) is 0.335. The lowest BCUT2D eigenvalue weighted by atomic mass is 10.3. The molecule has 0 radical (unpaired) electrons. The highest BCUT2D eigenvalue weighted by Crippen LogP contribution is 2.32. The first-order valence-corrected chi connectivity index (χ1v) is 9.96. The van der Waals surface area contributed by atoms with Crippen LogP contribution in [-0.4, -0.2) is 48.7 Å². The minimum Gasteiger partial charge on any atom is -0.497 e. The van der Waals surface area contributed by atoms with Crippen LogP contribution in [0.2, 0.25) is 0 Å². The predicted molar refractivity (Wildman–Crippen MR) is 106 cm³/mol. The summed E-state index contributed by atoms with van der Waals surface area (Å²) < 4.78 is 43.1. The van der Waals surface area contributed by atoms with Crippen molar-refractivity contribution in [3.8, 4) is 17.2 Å². The molecule has 152 valence electrons. The van der Waals surface area contributed by atoms with Gasteiger partial charge < -0.3 is 19.5 Å². The van der Waals surface area contributed by atoms with Gasteiger partial charge in [-0.05, 0) is 43.3 Å². The zero-order chi connectivity index (χ0) is 20.7. The molecule has 0 saturated carbocycles. The molecule has 2 rings (SSSR count). The van der Waals surface area contributed by atoms with Crippen LogP contribution in [0.1, 0.15) is 6.92 Å². The maximum Gasteiger partial charge on any atom is 0.264 e. The lowest BCUT2D eigenvalue weighted by Gasteiger charge is -2.24. The van der Waals surface area contributed by atoms with Crippen molar-refractivity contribution in [2.24, 2.45) is 0 Å². The first kappa shape index (κ1) is 21.4. The Morgan fingerprint density at radius 2 is 1.61 bits per heavy atom. The van der Waals surface area contributed by atoms with Crippen LogP contribution in [-0.2, 0) is 14.8 Å². The summed E-state index contributed by atoms with van der Waals surface area (Å²) in [5, 5.41) is 2.62. The van der Waals surface area contributed by atoms with Gasteiger partial charge in [0.15, 0.2) is 11.5 Å². The van der Waals surface area contributed by atoms with Crippen LogP contribution in [0, 0.1) is 0 Å². The van der Waals surface area contributed by atoms with Crippen LogP contribution in [0.25, 0.3) is 0 Å². The van der Waals surface area contributed by atoms with Crippen molar-refractivity contribution < 1.29 is 27.4 Å². The number of carbonyl (C=O) groups is 1. The molecule has 28 heavy (non-hydrogen) atoms. The fourth-order valence-electron chi connectivity index (χ4n) is 2.55. The third-order valence-electron chi connectivity index (χ3n) is 3.96. The number of sulfonamides is 1. The smallest absolute Gasteiger partial charge is 0.264 e. The number of ether oxygens (including phenoxy) is 3. The van der Waals surface area contributed by atoms with Crippen LogP contribution in [0.15, 0.2) is 47.4 Å². The van der Waals surface area contributed by atoms with Crippen molar-refractivity contribution in [3.05, 3.63) is 42.5 Å². The average molecular weight is 408 g/mol. The Bertz CT molecular complexity index is 913. The Morgan fingerprint density at radius 3 is 2.14 bits per heavy atom. The fourth-order valence-corrected chi connectivity index (χ4v) is 3.99. The van der Waals surface area contributed by atoms with Crippen molar-refractivity contribution in [1.29, 1.82) is 0 Å². The molecule has 0 saturated heterocycles. The summed E-state index contributed by atoms with van der Waals surface area (Å²) in [6.45, 7) is 1.79. The lowest BCUT2D eigenvalue weighted by molar-refractivity contribution is -0.119. The van der Waals surface area contributed by atoms with Gasteiger partial charge in [0.1, 0.15) is 12.3 Å². The van der Waals surface area contributed by atoms with Crippen LogP contribution in [0.3, 0.4) is 0 Å². The molecule has 0 spiro atoms. The van der Waals surface area contributed by atoms with Gasteiger partial charge in [0.05, 0.1) is 31.9 Å². The summed E-state index contributed by atoms with van der Waals surface area (Å²) in [6.07, 6.45) is 0. The third kappa shape index (κ3) is 4.66. The third-order valence-corrected chi connectivity index (χ3v) is 5.73. The monoisotopic (exact) mass is 408 g/mol. The largest absolute Gasteiger partial charge is 0.497 e. The number of methoxy groups -OCH3 is 3. The summed E-state index contributed by atoms with van der Waals surface area (Å²) >= 11 is 0. The molecule has 8 nitrogen and oxygen atoms in total. The normalized spacial score (nSPS) is 10.9. The van der Waals surface area contributed by atoms with E-state index in [2.05, 4.69) is 5.32 Å². The van der Waals surface area contributed by atoms with Crippen molar-refractivity contribution in [1.82, 2.24) is 5.32 Å². The Balaban J connectivity index is 2.52. The predicted octanol–water partition coefficient (Wildman–Crippen LogP) is 2.04. The van der Waals surface area contributed by atoms with Gasteiger partial charge in [-0.15, -0.1) is 0 Å². The Kier molecular flexibility index (Phi) is 7.11. The maximum atomic E-state index is 13.3. The van der Waals surface area contributed by atoms with Crippen LogP contribution in [0.4, 0.5) is 5.69 Å².